The summed E-state index contributed by atoms with van der Waals surface area (Å²) in [7, 11) is -1.89. The molecule has 2 atom stereocenters. The summed E-state index contributed by atoms with van der Waals surface area (Å²) in [6.07, 6.45) is 3.26. The van der Waals surface area contributed by atoms with Crippen LogP contribution in [0.15, 0.2) is 71.7 Å². The molecule has 1 aliphatic rings. The third-order valence-corrected chi connectivity index (χ3v) is 13.2. The van der Waals surface area contributed by atoms with E-state index < -0.39 is 13.9 Å². The van der Waals surface area contributed by atoms with Crippen molar-refractivity contribution in [3.05, 3.63) is 94.2 Å². The summed E-state index contributed by atoms with van der Waals surface area (Å²) in [6, 6.07) is 17.4. The predicted octanol–water partition coefficient (Wildman–Crippen LogP) is 7.78. The molecule has 0 bridgehead atoms. The Morgan fingerprint density at radius 1 is 1.02 bits per heavy atom. The summed E-state index contributed by atoms with van der Waals surface area (Å²) < 4.78 is 26.4. The van der Waals surface area contributed by atoms with Crippen LogP contribution in [0.2, 0.25) is 18.1 Å². The molecule has 1 aromatic heterocycles. The van der Waals surface area contributed by atoms with Gasteiger partial charge in [0.25, 0.3) is 0 Å². The van der Waals surface area contributed by atoms with Gasteiger partial charge < -0.3 is 19.0 Å². The Morgan fingerprint density at radius 2 is 1.68 bits per heavy atom. The van der Waals surface area contributed by atoms with Gasteiger partial charge in [-0.25, -0.2) is 9.18 Å². The smallest absolute Gasteiger partial charge is 0.411 e. The van der Waals surface area contributed by atoms with Gasteiger partial charge in [0.05, 0.1) is 6.04 Å². The number of nitrogens with one attached hydrogen (secondary N) is 1. The molecule has 8 heteroatoms. The number of carbonyl (C=O) groups is 1. The zero-order valence-electron chi connectivity index (χ0n) is 24.4. The van der Waals surface area contributed by atoms with Gasteiger partial charge >= 0.3 is 6.09 Å². The number of hydrogen-bond donors (Lipinski definition) is 1. The maximum atomic E-state index is 13.8. The maximum absolute atomic E-state index is 13.8. The third kappa shape index (κ3) is 6.55. The molecule has 40 heavy (non-hydrogen) atoms. The minimum Gasteiger partial charge on any atom is -0.438 e. The van der Waals surface area contributed by atoms with Crippen molar-refractivity contribution in [1.82, 2.24) is 9.88 Å². The van der Waals surface area contributed by atoms with Crippen LogP contribution in [0.4, 0.5) is 9.18 Å². The zero-order chi connectivity index (χ0) is 29.1. The van der Waals surface area contributed by atoms with Crippen molar-refractivity contribution in [3.8, 4) is 11.1 Å². The molecule has 1 saturated heterocycles. The van der Waals surface area contributed by atoms with E-state index in [1.807, 2.05) is 31.2 Å². The molecule has 1 N–H and O–H groups in total. The number of aromatic amines is 1. The van der Waals surface area contributed by atoms with Gasteiger partial charge in [-0.05, 0) is 78.4 Å². The number of rotatable bonds is 9. The van der Waals surface area contributed by atoms with E-state index in [0.29, 0.717) is 26.0 Å². The Hall–Kier alpha value is -3.23. The van der Waals surface area contributed by atoms with Gasteiger partial charge in [-0.2, -0.15) is 0 Å². The highest BCUT2D eigenvalue weighted by Crippen LogP contribution is 2.41. The van der Waals surface area contributed by atoms with Crippen LogP contribution in [0.25, 0.3) is 11.1 Å². The van der Waals surface area contributed by atoms with Gasteiger partial charge in [-0.15, -0.1) is 0 Å². The Morgan fingerprint density at radius 3 is 2.25 bits per heavy atom. The molecule has 0 saturated carbocycles. The monoisotopic (exact) mass is 564 g/mol. The number of amides is 1. The van der Waals surface area contributed by atoms with Crippen LogP contribution in [-0.2, 0) is 14.8 Å². The zero-order valence-corrected chi connectivity index (χ0v) is 25.4. The molecule has 1 aliphatic heterocycles. The molecule has 0 aliphatic carbocycles. The quantitative estimate of drug-likeness (QED) is 0.213. The van der Waals surface area contributed by atoms with E-state index in [-0.39, 0.29) is 28.5 Å². The molecule has 0 unspecified atom stereocenters. The van der Waals surface area contributed by atoms with Crippen molar-refractivity contribution < 1.29 is 18.3 Å². The van der Waals surface area contributed by atoms with Crippen molar-refractivity contribution in [1.29, 1.82) is 0 Å². The van der Waals surface area contributed by atoms with E-state index in [2.05, 4.69) is 38.8 Å². The Kier molecular flexibility index (Phi) is 8.71. The molecule has 2 aromatic carbocycles. The van der Waals surface area contributed by atoms with Crippen LogP contribution in [0.1, 0.15) is 64.1 Å². The SMILES string of the molecule is C[C@@H](c1ccc(-c2ccc(=O)[nH]c2)cc1)N1CC[C@](CCCO[Si](C)(C)C(C)(C)C)(c2ccc(F)cc2)OC1=O. The fourth-order valence-electron chi connectivity index (χ4n) is 4.92. The van der Waals surface area contributed by atoms with E-state index in [0.717, 1.165) is 28.7 Å². The minimum absolute atomic E-state index is 0.119. The lowest BCUT2D eigenvalue weighted by atomic mass is 9.84. The highest BCUT2D eigenvalue weighted by molar-refractivity contribution is 6.74. The Bertz CT molecular complexity index is 1340. The fraction of sp³-hybridized carbons (Fsp3) is 0.438. The maximum Gasteiger partial charge on any atom is 0.411 e. The summed E-state index contributed by atoms with van der Waals surface area (Å²) >= 11 is 0. The van der Waals surface area contributed by atoms with Crippen LogP contribution in [0.3, 0.4) is 0 Å². The lowest BCUT2D eigenvalue weighted by Gasteiger charge is -2.44. The Balaban J connectivity index is 1.47. The molecule has 0 spiro atoms. The van der Waals surface area contributed by atoms with Gasteiger partial charge in [0.15, 0.2) is 8.32 Å². The van der Waals surface area contributed by atoms with Crippen molar-refractivity contribution >= 4 is 14.4 Å². The number of pyridine rings is 1. The molecule has 6 nitrogen and oxygen atoms in total. The summed E-state index contributed by atoms with van der Waals surface area (Å²) in [5, 5.41) is 0.119. The second-order valence-corrected chi connectivity index (χ2v) is 17.1. The molecule has 1 amide bonds. The molecule has 4 rings (SSSR count). The normalized spacial score (nSPS) is 18.9. The first-order chi connectivity index (χ1) is 18.8. The average molecular weight is 565 g/mol. The standard InChI is InChI=1S/C32H41FN2O4Si/c1-23(24-8-10-25(11-9-24)26-12-17-29(36)34-22-26)35-20-19-32(39-30(35)37,27-13-15-28(33)16-14-27)18-7-21-38-40(5,6)31(2,3)4/h8-17,22-23H,7,18-21H2,1-6H3,(H,34,36)/t23-,32+/m0/s1. The lowest BCUT2D eigenvalue weighted by Crippen LogP contribution is -2.49. The number of ether oxygens (including phenoxy) is 1. The van der Waals surface area contributed by atoms with Crippen LogP contribution in [-0.4, -0.2) is 37.4 Å². The number of H-pyrrole nitrogens is 1. The van der Waals surface area contributed by atoms with Gasteiger partial charge in [0, 0.05) is 31.8 Å². The van der Waals surface area contributed by atoms with E-state index in [1.165, 1.54) is 18.2 Å². The van der Waals surface area contributed by atoms with Crippen LogP contribution < -0.4 is 5.56 Å². The van der Waals surface area contributed by atoms with Crippen molar-refractivity contribution in [3.63, 3.8) is 0 Å². The molecule has 3 aromatic rings. The summed E-state index contributed by atoms with van der Waals surface area (Å²) in [4.78, 5) is 29.3. The summed E-state index contributed by atoms with van der Waals surface area (Å²) in [5.41, 5.74) is 2.72. The van der Waals surface area contributed by atoms with Gasteiger partial charge in [-0.3, -0.25) is 4.79 Å². The van der Waals surface area contributed by atoms with Gasteiger partial charge in [-0.1, -0.05) is 57.2 Å². The molecular formula is C32H41FN2O4Si. The number of hydrogen-bond acceptors (Lipinski definition) is 4. The number of nitrogens with zero attached hydrogens (tertiary/aromatic N) is 1. The molecule has 1 fully saturated rings. The number of halogens is 1. The molecule has 214 valence electrons. The highest BCUT2D eigenvalue weighted by Gasteiger charge is 2.44. The predicted molar refractivity (Wildman–Crippen MR) is 159 cm³/mol. The summed E-state index contributed by atoms with van der Waals surface area (Å²) in [6.45, 7) is 14.2. The second-order valence-electron chi connectivity index (χ2n) is 12.3. The number of carbonyl (C=O) groups excluding carboxylic acids is 1. The van der Waals surface area contributed by atoms with Crippen molar-refractivity contribution in [2.75, 3.05) is 13.2 Å². The van der Waals surface area contributed by atoms with Gasteiger partial charge in [0.2, 0.25) is 5.56 Å². The van der Waals surface area contributed by atoms with Crippen LogP contribution in [0, 0.1) is 5.82 Å². The molecule has 0 radical (unpaired) electrons. The molecular weight excluding hydrogens is 523 g/mol. The Labute approximate surface area is 237 Å². The van der Waals surface area contributed by atoms with E-state index in [4.69, 9.17) is 9.16 Å². The topological polar surface area (TPSA) is 71.6 Å². The lowest BCUT2D eigenvalue weighted by molar-refractivity contribution is -0.0678. The third-order valence-electron chi connectivity index (χ3n) is 8.62. The second kappa shape index (κ2) is 11.7. The van der Waals surface area contributed by atoms with E-state index in [1.54, 1.807) is 29.3 Å². The largest absolute Gasteiger partial charge is 0.438 e. The average Bonchev–Trinajstić information content (AvgIpc) is 2.91. The first kappa shape index (κ1) is 29.7. The first-order valence-corrected chi connectivity index (χ1v) is 16.9. The minimum atomic E-state index is -1.89. The highest BCUT2D eigenvalue weighted by atomic mass is 28.4. The summed E-state index contributed by atoms with van der Waals surface area (Å²) in [5.74, 6) is -0.317. The van der Waals surface area contributed by atoms with E-state index in [9.17, 15) is 14.0 Å². The number of cyclic esters (lactones) is 1. The van der Waals surface area contributed by atoms with E-state index >= 15 is 0 Å². The fourth-order valence-corrected chi connectivity index (χ4v) is 6.01. The van der Waals surface area contributed by atoms with Crippen molar-refractivity contribution in [2.45, 2.75) is 76.7 Å². The van der Waals surface area contributed by atoms with Gasteiger partial charge in [0.1, 0.15) is 11.4 Å². The first-order valence-electron chi connectivity index (χ1n) is 14.0. The number of benzene rings is 2. The van der Waals surface area contributed by atoms with Crippen LogP contribution in [0.5, 0.6) is 0 Å². The van der Waals surface area contributed by atoms with Crippen molar-refractivity contribution in [2.24, 2.45) is 0 Å². The van der Waals surface area contributed by atoms with Crippen LogP contribution >= 0.6 is 0 Å². The molecule has 2 heterocycles. The number of aromatic nitrogens is 1.